The van der Waals surface area contributed by atoms with E-state index in [0.29, 0.717) is 0 Å². The molecule has 0 saturated heterocycles. The van der Waals surface area contributed by atoms with E-state index < -0.39 is 0 Å². The number of nitrogens with zero attached hydrogens (tertiary/aromatic N) is 4. The van der Waals surface area contributed by atoms with E-state index in [1.165, 1.54) is 177 Å². The van der Waals surface area contributed by atoms with Gasteiger partial charge in [-0.05, 0) is 138 Å². The lowest BCUT2D eigenvalue weighted by molar-refractivity contribution is 1.13. The van der Waals surface area contributed by atoms with Crippen molar-refractivity contribution in [3.63, 3.8) is 0 Å². The third-order valence-electron chi connectivity index (χ3n) is 22.8. The van der Waals surface area contributed by atoms with Gasteiger partial charge in [0.2, 0.25) is 0 Å². The van der Waals surface area contributed by atoms with E-state index >= 15 is 0 Å². The molecule has 4 aromatic heterocycles. The van der Waals surface area contributed by atoms with E-state index in [1.807, 2.05) is 0 Å². The van der Waals surface area contributed by atoms with Crippen molar-refractivity contribution < 1.29 is 0 Å². The summed E-state index contributed by atoms with van der Waals surface area (Å²) in [5, 5.41) is 12.2. The zero-order valence-corrected chi connectivity index (χ0v) is 62.5. The number of fused-ring (bicyclic) bond motifs is 9. The third-order valence-corrected chi connectivity index (χ3v) is 22.8. The molecule has 4 heterocycles. The Balaban J connectivity index is 0.000000144. The molecular weight excluding hydrogens is 1380 g/mol. The number of benzene rings is 18. The Kier molecular flexibility index (Phi) is 16.9. The van der Waals surface area contributed by atoms with Crippen LogP contribution >= 0.6 is 0 Å². The van der Waals surface area contributed by atoms with Gasteiger partial charge in [0.25, 0.3) is 0 Å². The number of hydrogen-bond acceptors (Lipinski definition) is 0. The second kappa shape index (κ2) is 28.7. The first-order valence-corrected chi connectivity index (χ1v) is 39.2. The average molecular weight is 1450 g/mol. The van der Waals surface area contributed by atoms with Crippen LogP contribution in [0.15, 0.2) is 449 Å². The van der Waals surface area contributed by atoms with Crippen molar-refractivity contribution in [3.8, 4) is 123 Å². The highest BCUT2D eigenvalue weighted by Crippen LogP contribution is 2.51. The van der Waals surface area contributed by atoms with Crippen molar-refractivity contribution in [1.82, 2.24) is 18.3 Å². The molecule has 0 unspecified atom stereocenters. The molecule has 22 rings (SSSR count). The van der Waals surface area contributed by atoms with Crippen molar-refractivity contribution in [3.05, 3.63) is 449 Å². The van der Waals surface area contributed by atoms with Crippen LogP contribution in [0.4, 0.5) is 0 Å². The molecule has 534 valence electrons. The first kappa shape index (κ1) is 67.0. The van der Waals surface area contributed by atoms with E-state index in [1.54, 1.807) is 0 Å². The molecule has 4 heteroatoms. The van der Waals surface area contributed by atoms with Gasteiger partial charge < -0.3 is 18.3 Å². The molecule has 0 spiro atoms. The maximum absolute atomic E-state index is 2.52. The summed E-state index contributed by atoms with van der Waals surface area (Å²) < 4.78 is 9.89. The topological polar surface area (TPSA) is 19.7 Å². The van der Waals surface area contributed by atoms with Crippen LogP contribution in [0.2, 0.25) is 0 Å². The molecule has 0 bridgehead atoms. The van der Waals surface area contributed by atoms with Crippen LogP contribution in [0, 0.1) is 0 Å². The van der Waals surface area contributed by atoms with Gasteiger partial charge in [-0.25, -0.2) is 0 Å². The van der Waals surface area contributed by atoms with Crippen molar-refractivity contribution in [2.45, 2.75) is 0 Å². The Morgan fingerprint density at radius 3 is 0.570 bits per heavy atom. The Hall–Kier alpha value is -15.1. The summed E-state index contributed by atoms with van der Waals surface area (Å²) in [6.07, 6.45) is 0. The highest BCUT2D eigenvalue weighted by molar-refractivity contribution is 6.23. The molecule has 0 aliphatic carbocycles. The van der Waals surface area contributed by atoms with Crippen LogP contribution in [-0.2, 0) is 0 Å². The van der Waals surface area contributed by atoms with Gasteiger partial charge in [0.05, 0.1) is 56.2 Å². The van der Waals surface area contributed by atoms with Crippen LogP contribution in [0.5, 0.6) is 0 Å². The van der Waals surface area contributed by atoms with E-state index in [9.17, 15) is 0 Å². The number of para-hydroxylation sites is 4. The fourth-order valence-corrected chi connectivity index (χ4v) is 18.0. The predicted octanol–water partition coefficient (Wildman–Crippen LogP) is 29.6. The van der Waals surface area contributed by atoms with Gasteiger partial charge >= 0.3 is 0 Å². The van der Waals surface area contributed by atoms with E-state index in [2.05, 4.69) is 467 Å². The lowest BCUT2D eigenvalue weighted by Gasteiger charge is -2.20. The molecule has 0 radical (unpaired) electrons. The SMILES string of the molecule is c1ccc(-c2c(-c3ccccc3)n(-c3cc4c5ccccc5c(-n5c(-c6ccccc6)c(-c6ccccc6)c6ccccc65)cc4c4ccccc34)c3ccccc23)cc1.c1ccc(-c2c(-c3ccccc3)n(-c3ccc(-c4ccc(-n5c(-c6ccccc6)c(-c6ccccc6)c6ccccc65)cc4)cc3)c3ccccc23)cc1. The van der Waals surface area contributed by atoms with Crippen LogP contribution < -0.4 is 0 Å². The summed E-state index contributed by atoms with van der Waals surface area (Å²) in [5.41, 5.74) is 31.0. The lowest BCUT2D eigenvalue weighted by atomic mass is 9.94. The number of hydrogen-bond donors (Lipinski definition) is 0. The smallest absolute Gasteiger partial charge is 0.0619 e. The van der Waals surface area contributed by atoms with Crippen molar-refractivity contribution in [1.29, 1.82) is 0 Å². The second-order valence-electron chi connectivity index (χ2n) is 29.3. The van der Waals surface area contributed by atoms with Crippen molar-refractivity contribution >= 4 is 75.9 Å². The van der Waals surface area contributed by atoms with Crippen molar-refractivity contribution in [2.24, 2.45) is 0 Å². The summed E-state index contributed by atoms with van der Waals surface area (Å²) >= 11 is 0. The highest BCUT2D eigenvalue weighted by Gasteiger charge is 2.28. The minimum atomic E-state index is 1.13. The average Bonchev–Trinajstić information content (AvgIpc) is 1.40. The van der Waals surface area contributed by atoms with Gasteiger partial charge in [-0.15, -0.1) is 0 Å². The fourth-order valence-electron chi connectivity index (χ4n) is 18.0. The molecule has 0 aliphatic rings. The van der Waals surface area contributed by atoms with Crippen molar-refractivity contribution in [2.75, 3.05) is 0 Å². The molecule has 0 atom stereocenters. The molecule has 0 aliphatic heterocycles. The quantitative estimate of drug-likeness (QED) is 0.103. The van der Waals surface area contributed by atoms with Crippen LogP contribution in [0.3, 0.4) is 0 Å². The van der Waals surface area contributed by atoms with E-state index in [0.717, 1.165) is 22.7 Å². The summed E-state index contributed by atoms with van der Waals surface area (Å²) in [6.45, 7) is 0. The zero-order valence-electron chi connectivity index (χ0n) is 62.5. The Morgan fingerprint density at radius 1 is 0.123 bits per heavy atom. The Bertz CT molecular complexity index is 6870. The van der Waals surface area contributed by atoms with Gasteiger partial charge in [0.15, 0.2) is 0 Å². The molecule has 114 heavy (non-hydrogen) atoms. The Labute approximate surface area is 662 Å². The standard InChI is InChI=1S/C58H38N2.C52H36N2/c1-5-21-39(22-6-1)55-47-33-17-19-35-51(47)59(57(55)41-25-9-3-10-26-41)53-37-49-44-30-14-16-32-46(44)54(38-50(49)43-29-13-15-31-45(43)53)60-52-36-20-18-34-48(52)56(40-23-7-2-8-24-40)58(60)42-27-11-4-12-28-42;1-5-17-39(18-6-1)49-45-25-13-15-27-47(45)53(51(49)41-21-9-3-10-22-41)43-33-29-37(30-34-43)38-31-35-44(36-32-38)54-48-28-16-14-26-46(48)50(40-19-7-2-8-20-40)52(54)42-23-11-4-12-24-42/h1-38H;1-36H. The minimum Gasteiger partial charge on any atom is -0.309 e. The molecule has 0 fully saturated rings. The molecule has 0 N–H and O–H groups in total. The van der Waals surface area contributed by atoms with Gasteiger partial charge in [-0.3, -0.25) is 0 Å². The Morgan fingerprint density at radius 2 is 0.316 bits per heavy atom. The second-order valence-corrected chi connectivity index (χ2v) is 29.3. The maximum Gasteiger partial charge on any atom is 0.0619 e. The molecule has 0 amide bonds. The molecular formula is C110H74N4. The van der Waals surface area contributed by atoms with Gasteiger partial charge in [0.1, 0.15) is 0 Å². The normalized spacial score (nSPS) is 11.5. The lowest BCUT2D eigenvalue weighted by Crippen LogP contribution is -2.02. The molecule has 18 aromatic carbocycles. The maximum atomic E-state index is 2.52. The highest BCUT2D eigenvalue weighted by atomic mass is 15.0. The molecule has 4 nitrogen and oxygen atoms in total. The first-order chi connectivity index (χ1) is 56.7. The summed E-state index contributed by atoms with van der Waals surface area (Å²) in [4.78, 5) is 0. The van der Waals surface area contributed by atoms with Gasteiger partial charge in [-0.2, -0.15) is 0 Å². The predicted molar refractivity (Wildman–Crippen MR) is 482 cm³/mol. The summed E-state index contributed by atoms with van der Waals surface area (Å²) in [5.74, 6) is 0. The number of aromatic nitrogens is 4. The number of rotatable bonds is 13. The summed E-state index contributed by atoms with van der Waals surface area (Å²) in [6, 6.07) is 163. The summed E-state index contributed by atoms with van der Waals surface area (Å²) in [7, 11) is 0. The minimum absolute atomic E-state index is 1.13. The monoisotopic (exact) mass is 1450 g/mol. The molecule has 0 saturated carbocycles. The van der Waals surface area contributed by atoms with E-state index in [4.69, 9.17) is 0 Å². The molecule has 22 aromatic rings. The first-order valence-electron chi connectivity index (χ1n) is 39.2. The zero-order chi connectivity index (χ0) is 75.4. The van der Waals surface area contributed by atoms with E-state index in [-0.39, 0.29) is 0 Å². The van der Waals surface area contributed by atoms with Gasteiger partial charge in [0, 0.05) is 65.9 Å². The van der Waals surface area contributed by atoms with Crippen LogP contribution in [-0.4, -0.2) is 18.3 Å². The largest absolute Gasteiger partial charge is 0.309 e. The van der Waals surface area contributed by atoms with Gasteiger partial charge in [-0.1, -0.05) is 388 Å². The van der Waals surface area contributed by atoms with Crippen LogP contribution in [0.25, 0.3) is 199 Å². The third kappa shape index (κ3) is 11.5. The fraction of sp³-hybridized carbons (Fsp3) is 0. The van der Waals surface area contributed by atoms with Crippen LogP contribution in [0.1, 0.15) is 0 Å².